The van der Waals surface area contributed by atoms with E-state index < -0.39 is 11.7 Å². The fourth-order valence-electron chi connectivity index (χ4n) is 3.72. The first-order valence-corrected chi connectivity index (χ1v) is 10.8. The quantitative estimate of drug-likeness (QED) is 0.382. The lowest BCUT2D eigenvalue weighted by molar-refractivity contribution is -0.137. The lowest BCUT2D eigenvalue weighted by Crippen LogP contribution is -2.27. The number of aromatic amines is 1. The van der Waals surface area contributed by atoms with E-state index in [9.17, 15) is 13.2 Å². The summed E-state index contributed by atoms with van der Waals surface area (Å²) in [7, 11) is 0. The maximum Gasteiger partial charge on any atom is 0.416 e. The highest BCUT2D eigenvalue weighted by Gasteiger charge is 2.30. The van der Waals surface area contributed by atoms with Gasteiger partial charge in [0.15, 0.2) is 17.4 Å². The van der Waals surface area contributed by atoms with Crippen LogP contribution >= 0.6 is 0 Å². The van der Waals surface area contributed by atoms with Crippen molar-refractivity contribution < 1.29 is 22.6 Å². The summed E-state index contributed by atoms with van der Waals surface area (Å²) in [5.74, 6) is 2.11. The third-order valence-corrected chi connectivity index (χ3v) is 5.40. The third kappa shape index (κ3) is 5.11. The van der Waals surface area contributed by atoms with E-state index in [1.165, 1.54) is 12.1 Å². The van der Waals surface area contributed by atoms with Gasteiger partial charge in [0.25, 0.3) is 0 Å². The maximum atomic E-state index is 12.9. The molecule has 0 bridgehead atoms. The zero-order valence-corrected chi connectivity index (χ0v) is 18.4. The molecule has 0 aliphatic carbocycles. The Morgan fingerprint density at radius 3 is 2.37 bits per heavy atom. The number of H-pyrrole nitrogens is 1. The molecule has 0 saturated heterocycles. The number of aromatic nitrogens is 4. The predicted octanol–water partition coefficient (Wildman–Crippen LogP) is 5.40. The Morgan fingerprint density at radius 2 is 1.66 bits per heavy atom. The Labute approximate surface area is 198 Å². The van der Waals surface area contributed by atoms with E-state index in [0.29, 0.717) is 47.4 Å². The van der Waals surface area contributed by atoms with Crippen LogP contribution in [0.25, 0.3) is 22.8 Å². The van der Waals surface area contributed by atoms with Gasteiger partial charge in [0.05, 0.1) is 17.7 Å². The topological polar surface area (TPSA) is 76.2 Å². The van der Waals surface area contributed by atoms with Crippen LogP contribution in [0.5, 0.6) is 0 Å². The number of alkyl halides is 3. The molecule has 2 aromatic heterocycles. The molecule has 1 aliphatic heterocycles. The molecule has 0 atom stereocenters. The minimum atomic E-state index is -4.40. The normalized spacial score (nSPS) is 13.2. The molecule has 10 heteroatoms. The van der Waals surface area contributed by atoms with Crippen LogP contribution in [0.2, 0.25) is 0 Å². The minimum Gasteiger partial charge on any atom is -0.462 e. The number of hydrogen-bond acceptors (Lipinski definition) is 6. The fourth-order valence-corrected chi connectivity index (χ4v) is 3.72. The summed E-state index contributed by atoms with van der Waals surface area (Å²) < 4.78 is 49.5. The number of benzene rings is 2. The molecule has 0 radical (unpaired) electrons. The Bertz CT molecular complexity index is 1320. The average Bonchev–Trinajstić information content (AvgIpc) is 3.57. The van der Waals surface area contributed by atoms with Gasteiger partial charge in [0.2, 0.25) is 6.79 Å². The van der Waals surface area contributed by atoms with Gasteiger partial charge in [0.1, 0.15) is 12.1 Å². The van der Waals surface area contributed by atoms with Crippen molar-refractivity contribution in [1.82, 2.24) is 20.2 Å². The molecule has 35 heavy (non-hydrogen) atoms. The van der Waals surface area contributed by atoms with Gasteiger partial charge < -0.3 is 19.4 Å². The van der Waals surface area contributed by atoms with Crippen molar-refractivity contribution in [2.24, 2.45) is 0 Å². The van der Waals surface area contributed by atoms with Crippen LogP contribution in [0.3, 0.4) is 0 Å². The fraction of sp³-hybridized carbons (Fsp3) is 0.160. The molecule has 2 aromatic carbocycles. The smallest absolute Gasteiger partial charge is 0.416 e. The number of nitrogens with zero attached hydrogens (tertiary/aromatic N) is 4. The Balaban J connectivity index is 1.47. The number of rotatable bonds is 7. The molecular formula is C25H20F3N5O2. The van der Waals surface area contributed by atoms with E-state index in [1.807, 2.05) is 41.3 Å². The summed E-state index contributed by atoms with van der Waals surface area (Å²) >= 11 is 0. The number of ether oxygens (including phenoxy) is 2. The highest BCUT2D eigenvalue weighted by molar-refractivity contribution is 5.72. The van der Waals surface area contributed by atoms with E-state index >= 15 is 0 Å². The van der Waals surface area contributed by atoms with Crippen molar-refractivity contribution in [1.29, 1.82) is 0 Å². The third-order valence-electron chi connectivity index (χ3n) is 5.40. The van der Waals surface area contributed by atoms with Crippen molar-refractivity contribution in [3.63, 3.8) is 0 Å². The summed E-state index contributed by atoms with van der Waals surface area (Å²) in [6.45, 7) is 1.13. The van der Waals surface area contributed by atoms with Gasteiger partial charge in [-0.3, -0.25) is 0 Å². The number of nitrogens with one attached hydrogen (secondary N) is 1. The second kappa shape index (κ2) is 9.49. The first kappa shape index (κ1) is 22.5. The monoisotopic (exact) mass is 479 g/mol. The van der Waals surface area contributed by atoms with Crippen molar-refractivity contribution in [2.45, 2.75) is 12.7 Å². The molecule has 0 saturated carbocycles. The molecule has 178 valence electrons. The summed E-state index contributed by atoms with van der Waals surface area (Å²) in [6, 6.07) is 18.3. The van der Waals surface area contributed by atoms with Crippen LogP contribution in [-0.4, -0.2) is 33.5 Å². The Hall–Kier alpha value is -4.34. The van der Waals surface area contributed by atoms with Crippen molar-refractivity contribution in [3.8, 4) is 22.8 Å². The predicted molar refractivity (Wildman–Crippen MR) is 123 cm³/mol. The lowest BCUT2D eigenvalue weighted by atomic mass is 10.1. The highest BCUT2D eigenvalue weighted by atomic mass is 19.4. The summed E-state index contributed by atoms with van der Waals surface area (Å²) in [5.41, 5.74) is 1.53. The van der Waals surface area contributed by atoms with Gasteiger partial charge in [-0.05, 0) is 29.8 Å². The second-order valence-electron chi connectivity index (χ2n) is 7.83. The molecule has 0 spiro atoms. The van der Waals surface area contributed by atoms with Crippen LogP contribution in [0, 0.1) is 0 Å². The standard InChI is InChI=1S/C25H20F3N5O2/c26-25(27,28)19-10-8-18(9-11-19)22-30-23(32-31-22)21-7-4-12-29-24(21)33(14-20-15-34-16-35-20)13-17-5-2-1-3-6-17/h1-12,15H,13-14,16H2,(H,30,31,32). The molecule has 0 amide bonds. The number of hydrogen-bond donors (Lipinski definition) is 1. The second-order valence-corrected chi connectivity index (χ2v) is 7.83. The van der Waals surface area contributed by atoms with Gasteiger partial charge in [-0.25, -0.2) is 4.98 Å². The highest BCUT2D eigenvalue weighted by Crippen LogP contribution is 2.32. The molecule has 7 nitrogen and oxygen atoms in total. The van der Waals surface area contributed by atoms with E-state index in [1.54, 1.807) is 18.5 Å². The van der Waals surface area contributed by atoms with Crippen LogP contribution in [0.1, 0.15) is 11.1 Å². The van der Waals surface area contributed by atoms with Gasteiger partial charge in [0, 0.05) is 18.3 Å². The van der Waals surface area contributed by atoms with E-state index in [-0.39, 0.29) is 6.79 Å². The minimum absolute atomic E-state index is 0.169. The van der Waals surface area contributed by atoms with Crippen LogP contribution in [0.15, 0.2) is 84.9 Å². The molecule has 1 N–H and O–H groups in total. The molecule has 4 aromatic rings. The van der Waals surface area contributed by atoms with E-state index in [4.69, 9.17) is 9.47 Å². The molecule has 0 fully saturated rings. The van der Waals surface area contributed by atoms with Crippen molar-refractivity contribution in [2.75, 3.05) is 18.2 Å². The zero-order chi connectivity index (χ0) is 24.3. The zero-order valence-electron chi connectivity index (χ0n) is 18.4. The van der Waals surface area contributed by atoms with Gasteiger partial charge in [-0.1, -0.05) is 42.5 Å². The average molecular weight is 479 g/mol. The Morgan fingerprint density at radius 1 is 0.886 bits per heavy atom. The van der Waals surface area contributed by atoms with E-state index in [0.717, 1.165) is 17.7 Å². The SMILES string of the molecule is FC(F)(F)c1ccc(-c2nnc(-c3cccnc3N(CC3=COCO3)Cc3ccccc3)[nH]2)cc1. The van der Waals surface area contributed by atoms with Gasteiger partial charge >= 0.3 is 6.18 Å². The molecule has 3 heterocycles. The van der Waals surface area contributed by atoms with Gasteiger partial charge in [-0.15, -0.1) is 10.2 Å². The molecular weight excluding hydrogens is 459 g/mol. The van der Waals surface area contributed by atoms with Crippen LogP contribution < -0.4 is 4.90 Å². The van der Waals surface area contributed by atoms with E-state index in [2.05, 4.69) is 20.2 Å². The summed E-state index contributed by atoms with van der Waals surface area (Å²) in [6.07, 6.45) is -1.14. The lowest BCUT2D eigenvalue weighted by Gasteiger charge is -2.25. The van der Waals surface area contributed by atoms with Crippen molar-refractivity contribution in [3.05, 3.63) is 96.1 Å². The van der Waals surface area contributed by atoms with Crippen LogP contribution in [0.4, 0.5) is 19.0 Å². The summed E-state index contributed by atoms with van der Waals surface area (Å²) in [5, 5.41) is 8.40. The van der Waals surface area contributed by atoms with Crippen molar-refractivity contribution >= 4 is 5.82 Å². The first-order chi connectivity index (χ1) is 17.0. The maximum absolute atomic E-state index is 12.9. The van der Waals surface area contributed by atoms with Gasteiger partial charge in [-0.2, -0.15) is 13.2 Å². The summed E-state index contributed by atoms with van der Waals surface area (Å²) in [4.78, 5) is 9.75. The first-order valence-electron chi connectivity index (χ1n) is 10.8. The largest absolute Gasteiger partial charge is 0.462 e. The molecule has 0 unspecified atom stereocenters. The van der Waals surface area contributed by atoms with Crippen LogP contribution in [-0.2, 0) is 22.2 Å². The molecule has 5 rings (SSSR count). The Kier molecular flexibility index (Phi) is 6.09. The number of anilines is 1. The molecule has 1 aliphatic rings. The number of halogens is 3. The number of pyridine rings is 1.